The van der Waals surface area contributed by atoms with Crippen molar-refractivity contribution in [3.63, 3.8) is 0 Å². The van der Waals surface area contributed by atoms with Crippen LogP contribution < -0.4 is 5.73 Å². The summed E-state index contributed by atoms with van der Waals surface area (Å²) in [5.41, 5.74) is 6.31. The Balaban J connectivity index is 2.70. The number of rotatable bonds is 4. The van der Waals surface area contributed by atoms with Gasteiger partial charge in [-0.25, -0.2) is 4.79 Å². The molecular weight excluding hydrogens is 278 g/mol. The fourth-order valence-corrected chi connectivity index (χ4v) is 1.44. The Morgan fingerprint density at radius 2 is 2.25 bits per heavy atom. The van der Waals surface area contributed by atoms with E-state index >= 15 is 0 Å². The van der Waals surface area contributed by atoms with Gasteiger partial charge < -0.3 is 20.7 Å². The first-order valence-electron chi connectivity index (χ1n) is 4.56. The number of aliphatic hydroxyl groups excluding tert-OH is 2. The second-order valence-corrected chi connectivity index (χ2v) is 3.94. The summed E-state index contributed by atoms with van der Waals surface area (Å²) in [6.07, 6.45) is -1.07. The molecule has 5 nitrogen and oxygen atoms in total. The zero-order chi connectivity index (χ0) is 12.1. The summed E-state index contributed by atoms with van der Waals surface area (Å²) in [5.74, 6) is -0.605. The highest BCUT2D eigenvalue weighted by Gasteiger charge is 2.14. The number of esters is 1. The number of carbonyl (C=O) groups is 1. The van der Waals surface area contributed by atoms with Gasteiger partial charge in [0.1, 0.15) is 12.7 Å². The van der Waals surface area contributed by atoms with Gasteiger partial charge in [-0.05, 0) is 28.1 Å². The molecule has 0 spiro atoms. The van der Waals surface area contributed by atoms with Crippen LogP contribution in [0.2, 0.25) is 0 Å². The first-order chi connectivity index (χ1) is 7.56. The van der Waals surface area contributed by atoms with Gasteiger partial charge in [-0.2, -0.15) is 0 Å². The molecule has 0 saturated carbocycles. The van der Waals surface area contributed by atoms with Crippen molar-refractivity contribution in [2.24, 2.45) is 0 Å². The van der Waals surface area contributed by atoms with Gasteiger partial charge in [-0.3, -0.25) is 0 Å². The largest absolute Gasteiger partial charge is 0.459 e. The Morgan fingerprint density at radius 3 is 2.88 bits per heavy atom. The van der Waals surface area contributed by atoms with Crippen molar-refractivity contribution in [2.45, 2.75) is 6.10 Å². The van der Waals surface area contributed by atoms with Crippen LogP contribution in [0.25, 0.3) is 0 Å². The van der Waals surface area contributed by atoms with E-state index in [2.05, 4.69) is 15.9 Å². The van der Waals surface area contributed by atoms with Crippen LogP contribution >= 0.6 is 15.9 Å². The summed E-state index contributed by atoms with van der Waals surface area (Å²) in [6, 6.07) is 4.82. The number of hydrogen-bond acceptors (Lipinski definition) is 5. The van der Waals surface area contributed by atoms with Crippen LogP contribution in [0.3, 0.4) is 0 Å². The fraction of sp³-hybridized carbons (Fsp3) is 0.300. The van der Waals surface area contributed by atoms with E-state index in [4.69, 9.17) is 20.7 Å². The summed E-state index contributed by atoms with van der Waals surface area (Å²) >= 11 is 3.17. The van der Waals surface area contributed by atoms with Gasteiger partial charge in [0.2, 0.25) is 0 Å². The molecule has 1 unspecified atom stereocenters. The normalized spacial score (nSPS) is 12.2. The summed E-state index contributed by atoms with van der Waals surface area (Å²) in [7, 11) is 0. The molecule has 0 aliphatic carbocycles. The maximum absolute atomic E-state index is 11.5. The maximum Gasteiger partial charge on any atom is 0.339 e. The van der Waals surface area contributed by atoms with Gasteiger partial charge in [0.15, 0.2) is 0 Å². The second-order valence-electron chi connectivity index (χ2n) is 3.14. The number of nitrogens with two attached hydrogens (primary N) is 1. The minimum absolute atomic E-state index is 0.253. The van der Waals surface area contributed by atoms with Gasteiger partial charge in [-0.1, -0.05) is 6.07 Å². The lowest BCUT2D eigenvalue weighted by atomic mass is 10.2. The number of anilines is 1. The van der Waals surface area contributed by atoms with Crippen LogP contribution in [-0.4, -0.2) is 35.5 Å². The van der Waals surface area contributed by atoms with Crippen LogP contribution in [0, 0.1) is 0 Å². The zero-order valence-electron chi connectivity index (χ0n) is 8.39. The first-order valence-corrected chi connectivity index (χ1v) is 5.35. The minimum atomic E-state index is -1.07. The standard InChI is InChI=1S/C10H12BrNO4/c11-9-7(2-1-3-8(9)12)10(15)16-5-6(14)4-13/h1-3,6,13-14H,4-5,12H2. The third kappa shape index (κ3) is 3.19. The molecule has 4 N–H and O–H groups in total. The van der Waals surface area contributed by atoms with Crippen molar-refractivity contribution in [3.8, 4) is 0 Å². The molecule has 0 aliphatic heterocycles. The predicted molar refractivity (Wildman–Crippen MR) is 61.9 cm³/mol. The Kier molecular flexibility index (Phi) is 4.72. The van der Waals surface area contributed by atoms with Gasteiger partial charge in [0.05, 0.1) is 16.6 Å². The number of ether oxygens (including phenoxy) is 1. The smallest absolute Gasteiger partial charge is 0.339 e. The number of carbonyl (C=O) groups excluding carboxylic acids is 1. The van der Waals surface area contributed by atoms with E-state index in [9.17, 15) is 4.79 Å². The summed E-state index contributed by atoms with van der Waals surface area (Å²) in [4.78, 5) is 11.5. The van der Waals surface area contributed by atoms with E-state index in [0.29, 0.717) is 10.2 Å². The molecule has 1 aromatic carbocycles. The Hall–Kier alpha value is -1.11. The molecule has 1 rings (SSSR count). The number of benzene rings is 1. The summed E-state index contributed by atoms with van der Waals surface area (Å²) in [6.45, 7) is -0.706. The Labute approximate surface area is 101 Å². The molecule has 0 aromatic heterocycles. The van der Waals surface area contributed by atoms with Crippen molar-refractivity contribution in [2.75, 3.05) is 18.9 Å². The number of nitrogen functional groups attached to an aromatic ring is 1. The van der Waals surface area contributed by atoms with E-state index in [0.717, 1.165) is 0 Å². The summed E-state index contributed by atoms with van der Waals surface area (Å²) in [5, 5.41) is 17.6. The quantitative estimate of drug-likeness (QED) is 0.556. The average Bonchev–Trinajstić information content (AvgIpc) is 2.29. The predicted octanol–water partition coefficient (Wildman–Crippen LogP) is 0.541. The molecule has 6 heteroatoms. The molecule has 1 atom stereocenters. The molecule has 0 amide bonds. The van der Waals surface area contributed by atoms with Gasteiger partial charge in [0.25, 0.3) is 0 Å². The molecule has 16 heavy (non-hydrogen) atoms. The van der Waals surface area contributed by atoms with Crippen molar-refractivity contribution in [1.29, 1.82) is 0 Å². The molecule has 0 aliphatic rings. The van der Waals surface area contributed by atoms with Crippen molar-refractivity contribution < 1.29 is 19.7 Å². The number of halogens is 1. The second kappa shape index (κ2) is 5.83. The first kappa shape index (κ1) is 13.0. The highest BCUT2D eigenvalue weighted by molar-refractivity contribution is 9.10. The highest BCUT2D eigenvalue weighted by atomic mass is 79.9. The topological polar surface area (TPSA) is 92.8 Å². The van der Waals surface area contributed by atoms with Crippen LogP contribution in [0.1, 0.15) is 10.4 Å². The minimum Gasteiger partial charge on any atom is -0.459 e. The van der Waals surface area contributed by atoms with Crippen molar-refractivity contribution in [1.82, 2.24) is 0 Å². The molecule has 0 heterocycles. The third-order valence-electron chi connectivity index (χ3n) is 1.87. The maximum atomic E-state index is 11.5. The van der Waals surface area contributed by atoms with E-state index in [1.165, 1.54) is 0 Å². The molecule has 0 radical (unpaired) electrons. The van der Waals surface area contributed by atoms with E-state index in [1.807, 2.05) is 0 Å². The Bertz CT molecular complexity index is 383. The molecule has 1 aromatic rings. The molecular formula is C10H12BrNO4. The molecule has 88 valence electrons. The summed E-state index contributed by atoms with van der Waals surface area (Å²) < 4.78 is 5.24. The number of aliphatic hydroxyl groups is 2. The zero-order valence-corrected chi connectivity index (χ0v) is 9.98. The van der Waals surface area contributed by atoms with Crippen molar-refractivity contribution in [3.05, 3.63) is 28.2 Å². The van der Waals surface area contributed by atoms with Crippen LogP contribution in [0.15, 0.2) is 22.7 Å². The lowest BCUT2D eigenvalue weighted by Gasteiger charge is -2.10. The molecule has 0 bridgehead atoms. The highest BCUT2D eigenvalue weighted by Crippen LogP contribution is 2.24. The van der Waals surface area contributed by atoms with E-state index < -0.39 is 18.7 Å². The molecule has 0 fully saturated rings. The fourth-order valence-electron chi connectivity index (χ4n) is 1.01. The van der Waals surface area contributed by atoms with Crippen LogP contribution in [0.5, 0.6) is 0 Å². The van der Waals surface area contributed by atoms with Gasteiger partial charge in [0, 0.05) is 5.69 Å². The number of hydrogen-bond donors (Lipinski definition) is 3. The molecule has 0 saturated heterocycles. The third-order valence-corrected chi connectivity index (χ3v) is 2.75. The van der Waals surface area contributed by atoms with E-state index in [-0.39, 0.29) is 12.2 Å². The SMILES string of the molecule is Nc1cccc(C(=O)OCC(O)CO)c1Br. The van der Waals surface area contributed by atoms with Crippen LogP contribution in [0.4, 0.5) is 5.69 Å². The van der Waals surface area contributed by atoms with Crippen LogP contribution in [-0.2, 0) is 4.74 Å². The lowest BCUT2D eigenvalue weighted by Crippen LogP contribution is -2.22. The van der Waals surface area contributed by atoms with Crippen molar-refractivity contribution >= 4 is 27.6 Å². The van der Waals surface area contributed by atoms with E-state index in [1.54, 1.807) is 18.2 Å². The van der Waals surface area contributed by atoms with Gasteiger partial charge >= 0.3 is 5.97 Å². The Morgan fingerprint density at radius 1 is 1.56 bits per heavy atom. The lowest BCUT2D eigenvalue weighted by molar-refractivity contribution is 0.00926. The average molecular weight is 290 g/mol. The van der Waals surface area contributed by atoms with Gasteiger partial charge in [-0.15, -0.1) is 0 Å². The monoisotopic (exact) mass is 289 g/mol.